The van der Waals surface area contributed by atoms with Crippen LogP contribution in [0.15, 0.2) is 35.4 Å². The fraction of sp³-hybridized carbons (Fsp3) is 0.444. The first-order chi connectivity index (χ1) is 12.0. The maximum Gasteiger partial charge on any atom is 0.261 e. The molecule has 2 aromatic rings. The van der Waals surface area contributed by atoms with Crippen LogP contribution < -0.4 is 5.56 Å². The van der Waals surface area contributed by atoms with Gasteiger partial charge in [0.25, 0.3) is 5.56 Å². The largest absolute Gasteiger partial charge is 0.339 e. The first-order valence-electron chi connectivity index (χ1n) is 8.48. The summed E-state index contributed by atoms with van der Waals surface area (Å²) in [5, 5.41) is 0.505. The van der Waals surface area contributed by atoms with E-state index in [9.17, 15) is 14.4 Å². The third kappa shape index (κ3) is 3.55. The van der Waals surface area contributed by atoms with Gasteiger partial charge in [-0.3, -0.25) is 19.0 Å². The van der Waals surface area contributed by atoms with Gasteiger partial charge in [-0.2, -0.15) is 0 Å². The smallest absolute Gasteiger partial charge is 0.261 e. The predicted octanol–water partition coefficient (Wildman–Crippen LogP) is 0.723. The Morgan fingerprint density at radius 3 is 2.40 bits per heavy atom. The molecule has 0 N–H and O–H groups in total. The summed E-state index contributed by atoms with van der Waals surface area (Å²) in [6.45, 7) is 5.77. The monoisotopic (exact) mass is 342 g/mol. The first-order valence-corrected chi connectivity index (χ1v) is 8.48. The molecule has 2 heterocycles. The number of benzene rings is 1. The number of rotatable bonds is 3. The Balaban J connectivity index is 1.67. The van der Waals surface area contributed by atoms with Gasteiger partial charge in [-0.05, 0) is 12.1 Å². The van der Waals surface area contributed by atoms with E-state index in [2.05, 4.69) is 4.98 Å². The number of hydrogen-bond donors (Lipinski definition) is 0. The lowest BCUT2D eigenvalue weighted by atomic mass is 10.1. The van der Waals surface area contributed by atoms with Crippen LogP contribution in [0.3, 0.4) is 0 Å². The zero-order valence-corrected chi connectivity index (χ0v) is 14.5. The van der Waals surface area contributed by atoms with Crippen molar-refractivity contribution in [3.8, 4) is 0 Å². The van der Waals surface area contributed by atoms with E-state index < -0.39 is 0 Å². The van der Waals surface area contributed by atoms with E-state index in [1.807, 2.05) is 19.9 Å². The van der Waals surface area contributed by atoms with E-state index in [4.69, 9.17) is 0 Å². The van der Waals surface area contributed by atoms with Gasteiger partial charge in [0.15, 0.2) is 0 Å². The van der Waals surface area contributed by atoms with Crippen molar-refractivity contribution in [2.45, 2.75) is 20.4 Å². The Bertz CT molecular complexity index is 851. The minimum Gasteiger partial charge on any atom is -0.339 e. The fourth-order valence-electron chi connectivity index (χ4n) is 3.01. The molecule has 0 radical (unpaired) electrons. The molecule has 1 aromatic heterocycles. The summed E-state index contributed by atoms with van der Waals surface area (Å²) >= 11 is 0. The average Bonchev–Trinajstić information content (AvgIpc) is 2.63. The third-order valence-electron chi connectivity index (χ3n) is 4.48. The lowest BCUT2D eigenvalue weighted by Gasteiger charge is -2.35. The Kier molecular flexibility index (Phi) is 4.83. The number of para-hydroxylation sites is 1. The molecule has 1 aliphatic heterocycles. The number of carbonyl (C=O) groups excluding carboxylic acids is 2. The molecule has 7 heteroatoms. The highest BCUT2D eigenvalue weighted by Gasteiger charge is 2.25. The molecule has 132 valence electrons. The highest BCUT2D eigenvalue weighted by atomic mass is 16.2. The van der Waals surface area contributed by atoms with Crippen molar-refractivity contribution in [2.24, 2.45) is 5.92 Å². The van der Waals surface area contributed by atoms with E-state index in [0.29, 0.717) is 37.1 Å². The van der Waals surface area contributed by atoms with Crippen molar-refractivity contribution in [3.05, 3.63) is 40.9 Å². The van der Waals surface area contributed by atoms with Crippen molar-refractivity contribution >= 4 is 22.7 Å². The molecule has 0 unspecified atom stereocenters. The second-order valence-electron chi connectivity index (χ2n) is 6.56. The number of nitrogens with zero attached hydrogens (tertiary/aromatic N) is 4. The number of amides is 2. The Hall–Kier alpha value is -2.70. The minimum atomic E-state index is -0.215. The van der Waals surface area contributed by atoms with Gasteiger partial charge in [0.05, 0.1) is 17.2 Å². The molecule has 0 bridgehead atoms. The molecule has 1 aromatic carbocycles. The normalized spacial score (nSPS) is 15.0. The molecule has 2 amide bonds. The fourth-order valence-corrected chi connectivity index (χ4v) is 3.01. The van der Waals surface area contributed by atoms with Crippen molar-refractivity contribution in [2.75, 3.05) is 26.2 Å². The molecule has 0 saturated carbocycles. The third-order valence-corrected chi connectivity index (χ3v) is 4.48. The quantitative estimate of drug-likeness (QED) is 0.824. The van der Waals surface area contributed by atoms with Crippen LogP contribution in [0.2, 0.25) is 0 Å². The summed E-state index contributed by atoms with van der Waals surface area (Å²) in [6.07, 6.45) is 1.42. The van der Waals surface area contributed by atoms with Crippen molar-refractivity contribution < 1.29 is 9.59 Å². The Morgan fingerprint density at radius 2 is 1.72 bits per heavy atom. The molecule has 25 heavy (non-hydrogen) atoms. The van der Waals surface area contributed by atoms with E-state index in [0.717, 1.165) is 0 Å². The van der Waals surface area contributed by atoms with Crippen molar-refractivity contribution in [1.82, 2.24) is 19.4 Å². The Morgan fingerprint density at radius 1 is 1.08 bits per heavy atom. The van der Waals surface area contributed by atoms with Crippen LogP contribution in [0.25, 0.3) is 10.9 Å². The van der Waals surface area contributed by atoms with Crippen LogP contribution in [-0.2, 0) is 16.1 Å². The van der Waals surface area contributed by atoms with Gasteiger partial charge in [0, 0.05) is 32.1 Å². The molecule has 1 fully saturated rings. The molecule has 0 aliphatic carbocycles. The second kappa shape index (κ2) is 7.04. The summed E-state index contributed by atoms with van der Waals surface area (Å²) < 4.78 is 1.34. The topological polar surface area (TPSA) is 75.5 Å². The second-order valence-corrected chi connectivity index (χ2v) is 6.56. The molecule has 1 saturated heterocycles. The summed E-state index contributed by atoms with van der Waals surface area (Å²) in [4.78, 5) is 44.7. The highest BCUT2D eigenvalue weighted by molar-refractivity contribution is 5.80. The molecule has 3 rings (SSSR count). The molecular formula is C18H22N4O3. The van der Waals surface area contributed by atoms with E-state index >= 15 is 0 Å². The van der Waals surface area contributed by atoms with Crippen LogP contribution >= 0.6 is 0 Å². The molecule has 7 nitrogen and oxygen atoms in total. The summed E-state index contributed by atoms with van der Waals surface area (Å²) in [6, 6.07) is 7.08. The van der Waals surface area contributed by atoms with Crippen molar-refractivity contribution in [3.63, 3.8) is 0 Å². The van der Waals surface area contributed by atoms with Crippen LogP contribution in [-0.4, -0.2) is 57.3 Å². The van der Waals surface area contributed by atoms with Crippen LogP contribution in [0.5, 0.6) is 0 Å². The van der Waals surface area contributed by atoms with Crippen LogP contribution in [0.1, 0.15) is 13.8 Å². The van der Waals surface area contributed by atoms with E-state index in [1.165, 1.54) is 10.9 Å². The van der Waals surface area contributed by atoms with Crippen LogP contribution in [0, 0.1) is 5.92 Å². The number of hydrogen-bond acceptors (Lipinski definition) is 4. The zero-order valence-electron chi connectivity index (χ0n) is 14.5. The van der Waals surface area contributed by atoms with Crippen molar-refractivity contribution in [1.29, 1.82) is 0 Å². The molecule has 1 aliphatic rings. The van der Waals surface area contributed by atoms with Gasteiger partial charge in [-0.15, -0.1) is 0 Å². The average molecular weight is 342 g/mol. The summed E-state index contributed by atoms with van der Waals surface area (Å²) in [5.41, 5.74) is 0.407. The Labute approximate surface area is 145 Å². The molecule has 0 atom stereocenters. The summed E-state index contributed by atoms with van der Waals surface area (Å²) in [7, 11) is 0. The zero-order chi connectivity index (χ0) is 18.0. The van der Waals surface area contributed by atoms with Gasteiger partial charge < -0.3 is 9.80 Å². The van der Waals surface area contributed by atoms with E-state index in [1.54, 1.807) is 28.0 Å². The molecular weight excluding hydrogens is 320 g/mol. The van der Waals surface area contributed by atoms with Gasteiger partial charge in [-0.25, -0.2) is 4.98 Å². The summed E-state index contributed by atoms with van der Waals surface area (Å²) in [5.74, 6) is -0.0534. The predicted molar refractivity (Wildman–Crippen MR) is 94.0 cm³/mol. The number of fused-ring (bicyclic) bond motifs is 1. The van der Waals surface area contributed by atoms with Gasteiger partial charge in [0.2, 0.25) is 11.8 Å². The lowest BCUT2D eigenvalue weighted by molar-refractivity contribution is -0.141. The first kappa shape index (κ1) is 17.1. The number of piperazine rings is 1. The van der Waals surface area contributed by atoms with Gasteiger partial charge >= 0.3 is 0 Å². The van der Waals surface area contributed by atoms with Crippen LogP contribution in [0.4, 0.5) is 0 Å². The van der Waals surface area contributed by atoms with Gasteiger partial charge in [0.1, 0.15) is 6.54 Å². The molecule has 0 spiro atoms. The lowest BCUT2D eigenvalue weighted by Crippen LogP contribution is -2.52. The standard InChI is InChI=1S/C18H22N4O3/c1-13(2)17(24)21-9-7-20(8-10-21)16(23)11-22-12-19-15-6-4-3-5-14(15)18(22)25/h3-6,12-13H,7-11H2,1-2H3. The van der Waals surface area contributed by atoms with E-state index in [-0.39, 0.29) is 29.8 Å². The SMILES string of the molecule is CC(C)C(=O)N1CCN(C(=O)Cn2cnc3ccccc3c2=O)CC1. The highest BCUT2D eigenvalue weighted by Crippen LogP contribution is 2.08. The maximum atomic E-state index is 12.5. The van der Waals surface area contributed by atoms with Gasteiger partial charge in [-0.1, -0.05) is 26.0 Å². The number of aromatic nitrogens is 2. The number of carbonyl (C=O) groups is 2. The maximum absolute atomic E-state index is 12.5. The minimum absolute atomic E-state index is 0.0329.